The van der Waals surface area contributed by atoms with Crippen molar-refractivity contribution in [2.24, 2.45) is 0 Å². The highest BCUT2D eigenvalue weighted by atomic mass is 35.5. The average Bonchev–Trinajstić information content (AvgIpc) is 2.42. The molecule has 1 heterocycles. The summed E-state index contributed by atoms with van der Waals surface area (Å²) < 4.78 is 0. The van der Waals surface area contributed by atoms with Crippen LogP contribution in [-0.2, 0) is 0 Å². The number of hydrogen-bond donors (Lipinski definition) is 0. The van der Waals surface area contributed by atoms with Crippen molar-refractivity contribution in [2.75, 3.05) is 0 Å². The fourth-order valence-electron chi connectivity index (χ4n) is 1.65. The van der Waals surface area contributed by atoms with Gasteiger partial charge in [0.25, 0.3) is 0 Å². The molecule has 0 amide bonds. The lowest BCUT2D eigenvalue weighted by Gasteiger charge is -2.06. The third-order valence-corrected chi connectivity index (χ3v) is 2.78. The van der Waals surface area contributed by atoms with Gasteiger partial charge in [0.05, 0.1) is 5.69 Å². The highest BCUT2D eigenvalue weighted by Gasteiger charge is 2.09. The predicted molar refractivity (Wildman–Crippen MR) is 77.3 cm³/mol. The van der Waals surface area contributed by atoms with E-state index in [0.717, 1.165) is 16.8 Å². The van der Waals surface area contributed by atoms with Crippen LogP contribution in [0, 0.1) is 0 Å². The average molecular weight is 257 g/mol. The zero-order chi connectivity index (χ0) is 13.0. The molecule has 0 N–H and O–H groups in total. The highest BCUT2D eigenvalue weighted by molar-refractivity contribution is 6.31. The summed E-state index contributed by atoms with van der Waals surface area (Å²) in [6.07, 6.45) is 5.48. The third kappa shape index (κ3) is 2.49. The largest absolute Gasteiger partial charge is 0.228 e. The Hall–Kier alpha value is -1.93. The Morgan fingerprint density at radius 2 is 1.89 bits per heavy atom. The molecule has 0 aliphatic carbocycles. The molecule has 3 heteroatoms. The van der Waals surface area contributed by atoms with E-state index >= 15 is 0 Å². The van der Waals surface area contributed by atoms with Gasteiger partial charge in [-0.25, -0.2) is 9.97 Å². The molecule has 90 valence electrons. The van der Waals surface area contributed by atoms with Crippen LogP contribution in [0.15, 0.2) is 43.0 Å². The van der Waals surface area contributed by atoms with Crippen molar-refractivity contribution in [3.63, 3.8) is 0 Å². The summed E-state index contributed by atoms with van der Waals surface area (Å²) >= 11 is 6.19. The summed E-state index contributed by atoms with van der Waals surface area (Å²) in [5.41, 5.74) is 2.48. The first-order valence-corrected chi connectivity index (χ1v) is 6.02. The van der Waals surface area contributed by atoms with Crippen molar-refractivity contribution >= 4 is 23.8 Å². The quantitative estimate of drug-likeness (QED) is 0.757. The van der Waals surface area contributed by atoms with Crippen LogP contribution in [0.25, 0.3) is 23.5 Å². The van der Waals surface area contributed by atoms with Crippen LogP contribution >= 0.6 is 11.6 Å². The number of aromatic nitrogens is 2. The molecular weight excluding hydrogens is 244 g/mol. The smallest absolute Gasteiger partial charge is 0.161 e. The molecular formula is C15H13ClN2. The molecule has 0 atom stereocenters. The first kappa shape index (κ1) is 12.5. The number of benzene rings is 1. The number of allylic oxidation sites excluding steroid dienone is 1. The molecule has 0 fully saturated rings. The molecule has 0 unspecified atom stereocenters. The molecule has 2 aromatic rings. The van der Waals surface area contributed by atoms with Crippen LogP contribution < -0.4 is 0 Å². The zero-order valence-electron chi connectivity index (χ0n) is 10.1. The minimum atomic E-state index is 0.442. The van der Waals surface area contributed by atoms with Crippen LogP contribution in [-0.4, -0.2) is 9.97 Å². The van der Waals surface area contributed by atoms with Crippen molar-refractivity contribution in [1.82, 2.24) is 9.97 Å². The molecule has 1 aromatic carbocycles. The summed E-state index contributed by atoms with van der Waals surface area (Å²) in [4.78, 5) is 8.80. The van der Waals surface area contributed by atoms with Gasteiger partial charge in [0.1, 0.15) is 5.15 Å². The van der Waals surface area contributed by atoms with E-state index in [2.05, 4.69) is 16.5 Å². The fraction of sp³-hybridized carbons (Fsp3) is 0.0667. The van der Waals surface area contributed by atoms with E-state index in [1.807, 2.05) is 49.4 Å². The maximum absolute atomic E-state index is 6.19. The van der Waals surface area contributed by atoms with Crippen molar-refractivity contribution in [3.8, 4) is 11.4 Å². The SMILES string of the molecule is C=Cc1nc(-c2ccccc2)nc(Cl)c1/C=C\C. The molecule has 1 aromatic heterocycles. The van der Waals surface area contributed by atoms with Gasteiger partial charge in [-0.3, -0.25) is 0 Å². The summed E-state index contributed by atoms with van der Waals surface area (Å²) in [6, 6.07) is 9.75. The second-order valence-electron chi connectivity index (χ2n) is 3.71. The zero-order valence-corrected chi connectivity index (χ0v) is 10.9. The van der Waals surface area contributed by atoms with Crippen LogP contribution in [0.5, 0.6) is 0 Å². The van der Waals surface area contributed by atoms with Gasteiger partial charge < -0.3 is 0 Å². The molecule has 0 radical (unpaired) electrons. The summed E-state index contributed by atoms with van der Waals surface area (Å²) in [6.45, 7) is 5.69. The molecule has 0 aliphatic heterocycles. The minimum absolute atomic E-state index is 0.442. The highest BCUT2D eigenvalue weighted by Crippen LogP contribution is 2.24. The van der Waals surface area contributed by atoms with Crippen LogP contribution in [0.1, 0.15) is 18.2 Å². The lowest BCUT2D eigenvalue weighted by atomic mass is 10.1. The standard InChI is InChI=1S/C15H13ClN2/c1-3-8-12-13(4-2)17-15(18-14(12)16)11-9-6-5-7-10-11/h3-10H,2H2,1H3/b8-3-. The molecule has 2 nitrogen and oxygen atoms in total. The van der Waals surface area contributed by atoms with Gasteiger partial charge in [0.15, 0.2) is 5.82 Å². The van der Waals surface area contributed by atoms with Gasteiger partial charge in [0.2, 0.25) is 0 Å². The second kappa shape index (κ2) is 5.61. The molecule has 0 saturated carbocycles. The van der Waals surface area contributed by atoms with Crippen LogP contribution in [0.3, 0.4) is 0 Å². The van der Waals surface area contributed by atoms with E-state index in [1.165, 1.54) is 0 Å². The lowest BCUT2D eigenvalue weighted by Crippen LogP contribution is -1.96. The Bertz CT molecular complexity index is 589. The number of nitrogens with zero attached hydrogens (tertiary/aromatic N) is 2. The Balaban J connectivity index is 2.60. The van der Waals surface area contributed by atoms with Gasteiger partial charge in [-0.1, -0.05) is 60.7 Å². The van der Waals surface area contributed by atoms with E-state index in [0.29, 0.717) is 11.0 Å². The van der Waals surface area contributed by atoms with Crippen molar-refractivity contribution in [1.29, 1.82) is 0 Å². The van der Waals surface area contributed by atoms with E-state index in [-0.39, 0.29) is 0 Å². The second-order valence-corrected chi connectivity index (χ2v) is 4.07. The van der Waals surface area contributed by atoms with Gasteiger partial charge in [0, 0.05) is 11.1 Å². The lowest BCUT2D eigenvalue weighted by molar-refractivity contribution is 1.15. The first-order chi connectivity index (χ1) is 8.76. The Morgan fingerprint density at radius 1 is 1.17 bits per heavy atom. The molecule has 0 spiro atoms. The Morgan fingerprint density at radius 3 is 2.50 bits per heavy atom. The van der Waals surface area contributed by atoms with Crippen molar-refractivity contribution in [3.05, 3.63) is 59.4 Å². The maximum atomic E-state index is 6.19. The maximum Gasteiger partial charge on any atom is 0.161 e. The van der Waals surface area contributed by atoms with Gasteiger partial charge in [-0.2, -0.15) is 0 Å². The molecule has 0 aliphatic rings. The minimum Gasteiger partial charge on any atom is -0.228 e. The fourth-order valence-corrected chi connectivity index (χ4v) is 1.89. The molecule has 0 bridgehead atoms. The van der Waals surface area contributed by atoms with Gasteiger partial charge >= 0.3 is 0 Å². The topological polar surface area (TPSA) is 25.8 Å². The third-order valence-electron chi connectivity index (χ3n) is 2.49. The molecule has 18 heavy (non-hydrogen) atoms. The monoisotopic (exact) mass is 256 g/mol. The Labute approximate surface area is 112 Å². The summed E-state index contributed by atoms with van der Waals surface area (Å²) in [7, 11) is 0. The van der Waals surface area contributed by atoms with Crippen LogP contribution in [0.4, 0.5) is 0 Å². The van der Waals surface area contributed by atoms with E-state index in [1.54, 1.807) is 6.08 Å². The molecule has 0 saturated heterocycles. The van der Waals surface area contributed by atoms with Crippen molar-refractivity contribution < 1.29 is 0 Å². The summed E-state index contributed by atoms with van der Waals surface area (Å²) in [5.74, 6) is 0.615. The first-order valence-electron chi connectivity index (χ1n) is 5.64. The predicted octanol–water partition coefficient (Wildman–Crippen LogP) is 4.47. The number of rotatable bonds is 3. The van der Waals surface area contributed by atoms with Crippen molar-refractivity contribution in [2.45, 2.75) is 6.92 Å². The van der Waals surface area contributed by atoms with Gasteiger partial charge in [-0.05, 0) is 13.0 Å². The molecule has 2 rings (SSSR count). The van der Waals surface area contributed by atoms with E-state index < -0.39 is 0 Å². The Kier molecular flexibility index (Phi) is 3.90. The van der Waals surface area contributed by atoms with E-state index in [9.17, 15) is 0 Å². The van der Waals surface area contributed by atoms with Crippen LogP contribution in [0.2, 0.25) is 5.15 Å². The van der Waals surface area contributed by atoms with Gasteiger partial charge in [-0.15, -0.1) is 0 Å². The van der Waals surface area contributed by atoms with E-state index in [4.69, 9.17) is 11.6 Å². The number of halogens is 1. The number of hydrogen-bond acceptors (Lipinski definition) is 2. The normalized spacial score (nSPS) is 10.8. The summed E-state index contributed by atoms with van der Waals surface area (Å²) in [5, 5.41) is 0.442.